The maximum Gasteiger partial charge on any atom is 0.257 e. The molecule has 0 unspecified atom stereocenters. The molecule has 6 nitrogen and oxygen atoms in total. The van der Waals surface area contributed by atoms with Crippen molar-refractivity contribution in [1.82, 2.24) is 4.90 Å². The number of para-hydroxylation sites is 1. The first-order valence-corrected chi connectivity index (χ1v) is 10.6. The van der Waals surface area contributed by atoms with Crippen molar-refractivity contribution in [1.29, 1.82) is 0 Å². The van der Waals surface area contributed by atoms with Gasteiger partial charge in [0.2, 0.25) is 0 Å². The summed E-state index contributed by atoms with van der Waals surface area (Å²) >= 11 is 1.43. The molecule has 0 aliphatic heterocycles. The molecule has 1 aromatic heterocycles. The van der Waals surface area contributed by atoms with E-state index in [0.717, 1.165) is 0 Å². The summed E-state index contributed by atoms with van der Waals surface area (Å²) in [4.78, 5) is 39.3. The number of anilines is 2. The predicted octanol–water partition coefficient (Wildman–Crippen LogP) is 4.73. The van der Waals surface area contributed by atoms with E-state index in [1.807, 2.05) is 19.2 Å². The third-order valence-electron chi connectivity index (χ3n) is 4.64. The van der Waals surface area contributed by atoms with E-state index in [1.54, 1.807) is 64.9 Å². The van der Waals surface area contributed by atoms with Gasteiger partial charge in [-0.3, -0.25) is 14.4 Å². The van der Waals surface area contributed by atoms with E-state index < -0.39 is 0 Å². The Labute approximate surface area is 179 Å². The molecule has 2 aromatic carbocycles. The molecule has 2 N–H and O–H groups in total. The van der Waals surface area contributed by atoms with Crippen LogP contribution in [0.5, 0.6) is 0 Å². The van der Waals surface area contributed by atoms with E-state index in [4.69, 9.17) is 0 Å². The molecule has 0 spiro atoms. The molecule has 3 amide bonds. The molecule has 7 heteroatoms. The Bertz CT molecular complexity index is 1030. The molecular weight excluding hydrogens is 398 g/mol. The Morgan fingerprint density at radius 3 is 2.17 bits per heavy atom. The van der Waals surface area contributed by atoms with Crippen LogP contribution in [0.3, 0.4) is 0 Å². The number of thiophene rings is 1. The average molecular weight is 422 g/mol. The lowest BCUT2D eigenvalue weighted by atomic mass is 10.1. The van der Waals surface area contributed by atoms with Crippen molar-refractivity contribution in [2.75, 3.05) is 23.7 Å². The van der Waals surface area contributed by atoms with Crippen molar-refractivity contribution >= 4 is 40.4 Å². The van der Waals surface area contributed by atoms with Gasteiger partial charge < -0.3 is 15.5 Å². The number of rotatable bonds is 7. The number of amides is 3. The number of benzene rings is 2. The van der Waals surface area contributed by atoms with Crippen LogP contribution in [0.2, 0.25) is 0 Å². The van der Waals surface area contributed by atoms with E-state index in [2.05, 4.69) is 10.6 Å². The summed E-state index contributed by atoms with van der Waals surface area (Å²) in [5.74, 6) is -0.658. The minimum absolute atomic E-state index is 0.0423. The van der Waals surface area contributed by atoms with Gasteiger partial charge in [0.1, 0.15) is 0 Å². The number of carbonyl (C=O) groups is 3. The first-order chi connectivity index (χ1) is 14.5. The van der Waals surface area contributed by atoms with E-state index in [9.17, 15) is 14.4 Å². The molecule has 3 aromatic rings. The van der Waals surface area contributed by atoms with Gasteiger partial charge >= 0.3 is 0 Å². The van der Waals surface area contributed by atoms with Crippen molar-refractivity contribution in [2.45, 2.75) is 13.8 Å². The molecule has 0 fully saturated rings. The van der Waals surface area contributed by atoms with Crippen LogP contribution in [0, 0.1) is 0 Å². The molecule has 0 aliphatic carbocycles. The van der Waals surface area contributed by atoms with Crippen LogP contribution in [0.15, 0.2) is 65.4 Å². The van der Waals surface area contributed by atoms with Gasteiger partial charge in [-0.15, -0.1) is 0 Å². The van der Waals surface area contributed by atoms with Crippen LogP contribution in [0.4, 0.5) is 11.4 Å². The zero-order valence-corrected chi connectivity index (χ0v) is 17.7. The average Bonchev–Trinajstić information content (AvgIpc) is 3.30. The molecule has 30 heavy (non-hydrogen) atoms. The Hall–Kier alpha value is -3.45. The van der Waals surface area contributed by atoms with Crippen molar-refractivity contribution in [3.05, 3.63) is 82.0 Å². The SMILES string of the molecule is CCN(CC)C(=O)c1ccc(NC(=O)c2ccccc2NC(=O)c2ccsc2)cc1. The van der Waals surface area contributed by atoms with Crippen LogP contribution in [0.25, 0.3) is 0 Å². The summed E-state index contributed by atoms with van der Waals surface area (Å²) < 4.78 is 0. The second-order valence-corrected chi connectivity index (χ2v) is 7.30. The minimum atomic E-state index is -0.348. The van der Waals surface area contributed by atoms with E-state index in [0.29, 0.717) is 41.2 Å². The highest BCUT2D eigenvalue weighted by atomic mass is 32.1. The third-order valence-corrected chi connectivity index (χ3v) is 5.33. The summed E-state index contributed by atoms with van der Waals surface area (Å²) in [6, 6.07) is 15.3. The molecule has 0 saturated heterocycles. The minimum Gasteiger partial charge on any atom is -0.339 e. The Balaban J connectivity index is 1.72. The number of carbonyl (C=O) groups excluding carboxylic acids is 3. The van der Waals surface area contributed by atoms with Gasteiger partial charge in [0.25, 0.3) is 17.7 Å². The molecule has 0 bridgehead atoms. The topological polar surface area (TPSA) is 78.5 Å². The lowest BCUT2D eigenvalue weighted by Gasteiger charge is -2.18. The van der Waals surface area contributed by atoms with Crippen molar-refractivity contribution in [3.8, 4) is 0 Å². The normalized spacial score (nSPS) is 10.3. The van der Waals surface area contributed by atoms with Crippen LogP contribution in [-0.2, 0) is 0 Å². The number of hydrogen-bond donors (Lipinski definition) is 2. The van der Waals surface area contributed by atoms with Gasteiger partial charge in [-0.1, -0.05) is 12.1 Å². The first kappa shape index (κ1) is 21.3. The summed E-state index contributed by atoms with van der Waals surface area (Å²) in [5, 5.41) is 9.17. The smallest absolute Gasteiger partial charge is 0.257 e. The van der Waals surface area contributed by atoms with Gasteiger partial charge in [-0.25, -0.2) is 0 Å². The monoisotopic (exact) mass is 421 g/mol. The van der Waals surface area contributed by atoms with E-state index in [1.165, 1.54) is 11.3 Å². The molecule has 0 aliphatic rings. The zero-order valence-electron chi connectivity index (χ0n) is 16.8. The molecule has 1 heterocycles. The highest BCUT2D eigenvalue weighted by Crippen LogP contribution is 2.20. The maximum atomic E-state index is 12.8. The Morgan fingerprint density at radius 1 is 0.833 bits per heavy atom. The van der Waals surface area contributed by atoms with E-state index in [-0.39, 0.29) is 17.7 Å². The quantitative estimate of drug-likeness (QED) is 0.579. The molecule has 3 rings (SSSR count). The van der Waals surface area contributed by atoms with Gasteiger partial charge in [0.05, 0.1) is 16.8 Å². The highest BCUT2D eigenvalue weighted by Gasteiger charge is 2.16. The summed E-state index contributed by atoms with van der Waals surface area (Å²) in [6.07, 6.45) is 0. The maximum absolute atomic E-state index is 12.8. The first-order valence-electron chi connectivity index (χ1n) is 9.66. The van der Waals surface area contributed by atoms with E-state index >= 15 is 0 Å². The van der Waals surface area contributed by atoms with Gasteiger partial charge in [-0.05, 0) is 61.7 Å². The second-order valence-electron chi connectivity index (χ2n) is 6.52. The number of nitrogens with one attached hydrogen (secondary N) is 2. The third kappa shape index (κ3) is 4.93. The molecule has 0 saturated carbocycles. The van der Waals surface area contributed by atoms with Crippen LogP contribution >= 0.6 is 11.3 Å². The highest BCUT2D eigenvalue weighted by molar-refractivity contribution is 7.08. The fourth-order valence-electron chi connectivity index (χ4n) is 2.97. The van der Waals surface area contributed by atoms with Crippen molar-refractivity contribution < 1.29 is 14.4 Å². The van der Waals surface area contributed by atoms with Crippen LogP contribution < -0.4 is 10.6 Å². The van der Waals surface area contributed by atoms with Gasteiger partial charge in [0, 0.05) is 29.7 Å². The zero-order chi connectivity index (χ0) is 21.5. The lowest BCUT2D eigenvalue weighted by Crippen LogP contribution is -2.30. The summed E-state index contributed by atoms with van der Waals surface area (Å²) in [5.41, 5.74) is 2.46. The largest absolute Gasteiger partial charge is 0.339 e. The van der Waals surface area contributed by atoms with Gasteiger partial charge in [0.15, 0.2) is 0 Å². The van der Waals surface area contributed by atoms with Crippen molar-refractivity contribution in [2.24, 2.45) is 0 Å². The van der Waals surface area contributed by atoms with Crippen molar-refractivity contribution in [3.63, 3.8) is 0 Å². The second kappa shape index (κ2) is 9.84. The molecule has 0 atom stereocenters. The fourth-order valence-corrected chi connectivity index (χ4v) is 3.60. The molecule has 0 radical (unpaired) electrons. The number of nitrogens with zero attached hydrogens (tertiary/aromatic N) is 1. The standard InChI is InChI=1S/C23H23N3O3S/c1-3-26(4-2)23(29)16-9-11-18(12-10-16)24-22(28)19-7-5-6-8-20(19)25-21(27)17-13-14-30-15-17/h5-15H,3-4H2,1-2H3,(H,24,28)(H,25,27). The molecular formula is C23H23N3O3S. The predicted molar refractivity (Wildman–Crippen MR) is 120 cm³/mol. The lowest BCUT2D eigenvalue weighted by molar-refractivity contribution is 0.0772. The van der Waals surface area contributed by atoms with Crippen LogP contribution in [0.1, 0.15) is 44.9 Å². The fraction of sp³-hybridized carbons (Fsp3) is 0.174. The number of hydrogen-bond acceptors (Lipinski definition) is 4. The summed E-state index contributed by atoms with van der Waals surface area (Å²) in [7, 11) is 0. The van der Waals surface area contributed by atoms with Crippen LogP contribution in [-0.4, -0.2) is 35.7 Å². The van der Waals surface area contributed by atoms with Gasteiger partial charge in [-0.2, -0.15) is 11.3 Å². The molecule has 154 valence electrons. The Morgan fingerprint density at radius 2 is 1.53 bits per heavy atom. The Kier molecular flexibility index (Phi) is 6.98. The summed E-state index contributed by atoms with van der Waals surface area (Å²) in [6.45, 7) is 5.15.